The minimum atomic E-state index is -0.651. The van der Waals surface area contributed by atoms with E-state index in [1.165, 1.54) is 11.3 Å². The summed E-state index contributed by atoms with van der Waals surface area (Å²) in [6.45, 7) is 7.17. The summed E-state index contributed by atoms with van der Waals surface area (Å²) in [6.07, 6.45) is 2.72. The van der Waals surface area contributed by atoms with Crippen molar-refractivity contribution >= 4 is 23.0 Å². The largest absolute Gasteiger partial charge is 0.503 e. The molecule has 1 saturated heterocycles. The molecule has 34 heavy (non-hydrogen) atoms. The number of amides is 1. The molecule has 1 fully saturated rings. The monoisotopic (exact) mass is 484 g/mol. The van der Waals surface area contributed by atoms with Crippen molar-refractivity contribution in [2.45, 2.75) is 32.2 Å². The van der Waals surface area contributed by atoms with Crippen LogP contribution in [0.3, 0.4) is 0 Å². The first-order valence-corrected chi connectivity index (χ1v) is 12.8. The van der Waals surface area contributed by atoms with Gasteiger partial charge in [0.2, 0.25) is 5.78 Å². The van der Waals surface area contributed by atoms with Crippen molar-refractivity contribution in [3.63, 3.8) is 0 Å². The maximum absolute atomic E-state index is 13.4. The Morgan fingerprint density at radius 2 is 2.00 bits per heavy atom. The second-order valence-corrected chi connectivity index (χ2v) is 9.50. The van der Waals surface area contributed by atoms with Crippen molar-refractivity contribution in [2.24, 2.45) is 0 Å². The molecule has 0 spiro atoms. The van der Waals surface area contributed by atoms with Crippen molar-refractivity contribution in [1.29, 1.82) is 0 Å². The maximum Gasteiger partial charge on any atom is 0.290 e. The van der Waals surface area contributed by atoms with Gasteiger partial charge in [-0.3, -0.25) is 14.5 Å². The van der Waals surface area contributed by atoms with E-state index in [2.05, 4.69) is 11.8 Å². The Bertz CT molecular complexity index is 1010. The van der Waals surface area contributed by atoms with Crippen LogP contribution in [0.15, 0.2) is 53.1 Å². The van der Waals surface area contributed by atoms with Gasteiger partial charge < -0.3 is 19.5 Å². The van der Waals surface area contributed by atoms with Crippen molar-refractivity contribution < 1.29 is 24.2 Å². The molecule has 1 unspecified atom stereocenters. The quantitative estimate of drug-likeness (QED) is 0.380. The van der Waals surface area contributed by atoms with Crippen molar-refractivity contribution in [1.82, 2.24) is 9.80 Å². The molecule has 2 aliphatic rings. The predicted octanol–water partition coefficient (Wildman–Crippen LogP) is 4.23. The molecule has 1 N–H and O–H groups in total. The summed E-state index contributed by atoms with van der Waals surface area (Å²) in [6, 6.07) is 10.4. The van der Waals surface area contributed by atoms with Crippen LogP contribution < -0.4 is 4.74 Å². The van der Waals surface area contributed by atoms with Gasteiger partial charge in [0.25, 0.3) is 5.91 Å². The Kier molecular flexibility index (Phi) is 8.37. The zero-order valence-electron chi connectivity index (χ0n) is 19.6. The molecule has 1 atom stereocenters. The lowest BCUT2D eigenvalue weighted by molar-refractivity contribution is -0.129. The lowest BCUT2D eigenvalue weighted by Gasteiger charge is -2.30. The first kappa shape index (κ1) is 24.4. The first-order chi connectivity index (χ1) is 16.6. The van der Waals surface area contributed by atoms with Gasteiger partial charge in [-0.25, -0.2) is 0 Å². The predicted molar refractivity (Wildman–Crippen MR) is 131 cm³/mol. The number of nitrogens with zero attached hydrogens (tertiary/aromatic N) is 2. The van der Waals surface area contributed by atoms with Crippen LogP contribution in [0.1, 0.15) is 47.5 Å². The minimum absolute atomic E-state index is 0.143. The molecule has 8 heteroatoms. The van der Waals surface area contributed by atoms with Gasteiger partial charge in [-0.2, -0.15) is 0 Å². The van der Waals surface area contributed by atoms with Gasteiger partial charge in [-0.05, 0) is 42.0 Å². The van der Waals surface area contributed by atoms with Crippen molar-refractivity contribution in [2.75, 3.05) is 46.0 Å². The van der Waals surface area contributed by atoms with Crippen molar-refractivity contribution in [3.8, 4) is 5.75 Å². The van der Waals surface area contributed by atoms with E-state index in [1.54, 1.807) is 17.0 Å². The lowest BCUT2D eigenvalue weighted by Crippen LogP contribution is -2.39. The molecule has 0 radical (unpaired) electrons. The second-order valence-electron chi connectivity index (χ2n) is 8.55. The number of benzene rings is 1. The van der Waals surface area contributed by atoms with E-state index in [9.17, 15) is 14.7 Å². The van der Waals surface area contributed by atoms with E-state index in [4.69, 9.17) is 9.47 Å². The molecule has 1 amide bonds. The number of aliphatic hydroxyl groups excluding tert-OH is 1. The third kappa shape index (κ3) is 5.51. The van der Waals surface area contributed by atoms with Gasteiger partial charge in [0.15, 0.2) is 5.76 Å². The van der Waals surface area contributed by atoms with Crippen LogP contribution in [-0.4, -0.2) is 72.6 Å². The Hall–Kier alpha value is -2.68. The molecular formula is C26H32N2O5S. The Labute approximate surface area is 204 Å². The van der Waals surface area contributed by atoms with Crippen LogP contribution in [0.2, 0.25) is 0 Å². The number of carbonyl (C=O) groups is 2. The van der Waals surface area contributed by atoms with Crippen LogP contribution in [0.5, 0.6) is 5.75 Å². The number of ketones is 1. The molecular weight excluding hydrogens is 452 g/mol. The first-order valence-electron chi connectivity index (χ1n) is 11.9. The number of ether oxygens (including phenoxy) is 2. The summed E-state index contributed by atoms with van der Waals surface area (Å²) >= 11 is 1.31. The topological polar surface area (TPSA) is 79.3 Å². The number of hydrogen-bond donors (Lipinski definition) is 1. The number of Topliss-reactive ketones (excluding diaryl/α,β-unsaturated/α-hetero) is 1. The number of rotatable bonds is 11. The van der Waals surface area contributed by atoms with E-state index >= 15 is 0 Å². The fraction of sp³-hybridized carbons (Fsp3) is 0.462. The molecule has 1 aromatic heterocycles. The highest BCUT2D eigenvalue weighted by Crippen LogP contribution is 2.40. The summed E-state index contributed by atoms with van der Waals surface area (Å²) in [5, 5.41) is 12.7. The van der Waals surface area contributed by atoms with E-state index < -0.39 is 17.7 Å². The zero-order chi connectivity index (χ0) is 23.9. The highest BCUT2D eigenvalue weighted by atomic mass is 32.1. The molecule has 4 rings (SSSR count). The third-order valence-corrected chi connectivity index (χ3v) is 7.08. The lowest BCUT2D eigenvalue weighted by atomic mass is 9.95. The Balaban J connectivity index is 1.59. The number of aliphatic hydroxyl groups is 1. The molecule has 182 valence electrons. The molecule has 0 saturated carbocycles. The van der Waals surface area contributed by atoms with E-state index in [1.807, 2.05) is 29.6 Å². The van der Waals surface area contributed by atoms with Crippen LogP contribution >= 0.6 is 11.3 Å². The summed E-state index contributed by atoms with van der Waals surface area (Å²) in [4.78, 5) is 31.0. The van der Waals surface area contributed by atoms with E-state index in [-0.39, 0.29) is 11.4 Å². The van der Waals surface area contributed by atoms with Crippen molar-refractivity contribution in [3.05, 3.63) is 63.6 Å². The molecule has 2 aromatic rings. The minimum Gasteiger partial charge on any atom is -0.503 e. The highest BCUT2D eigenvalue weighted by molar-refractivity contribution is 7.12. The number of carbonyl (C=O) groups excluding carboxylic acids is 2. The fourth-order valence-corrected chi connectivity index (χ4v) is 5.08. The summed E-state index contributed by atoms with van der Waals surface area (Å²) in [5.74, 6) is -0.559. The molecule has 0 aliphatic carbocycles. The number of hydrogen-bond acceptors (Lipinski definition) is 7. The van der Waals surface area contributed by atoms with Crippen LogP contribution in [0.4, 0.5) is 0 Å². The highest BCUT2D eigenvalue weighted by Gasteiger charge is 2.43. The van der Waals surface area contributed by atoms with Crippen LogP contribution in [0.25, 0.3) is 0 Å². The zero-order valence-corrected chi connectivity index (χ0v) is 20.4. The Morgan fingerprint density at radius 3 is 2.74 bits per heavy atom. The molecule has 3 heterocycles. The maximum atomic E-state index is 13.4. The standard InChI is InChI=1S/C26H32N2O5S/c1-2-3-14-33-20-8-4-7-19(18-20)23-22(24(29)21-9-5-17-34-21)25(30)26(31)28(23)11-6-10-27-12-15-32-16-13-27/h4-5,7-9,17-18,23,30H,2-3,6,10-16H2,1H3. The van der Waals surface area contributed by atoms with E-state index in [0.29, 0.717) is 23.8 Å². The third-order valence-electron chi connectivity index (χ3n) is 6.21. The average molecular weight is 485 g/mol. The van der Waals surface area contributed by atoms with Gasteiger partial charge in [0.1, 0.15) is 5.75 Å². The molecule has 1 aromatic carbocycles. The second kappa shape index (κ2) is 11.6. The molecule has 7 nitrogen and oxygen atoms in total. The van der Waals surface area contributed by atoms with Gasteiger partial charge in [-0.15, -0.1) is 11.3 Å². The number of unbranched alkanes of at least 4 members (excludes halogenated alkanes) is 1. The van der Waals surface area contributed by atoms with Crippen LogP contribution in [0, 0.1) is 0 Å². The summed E-state index contributed by atoms with van der Waals surface area (Å²) < 4.78 is 11.3. The van der Waals surface area contributed by atoms with E-state index in [0.717, 1.165) is 57.7 Å². The van der Waals surface area contributed by atoms with Gasteiger partial charge >= 0.3 is 0 Å². The van der Waals surface area contributed by atoms with Gasteiger partial charge in [-0.1, -0.05) is 31.5 Å². The Morgan fingerprint density at radius 1 is 1.18 bits per heavy atom. The van der Waals surface area contributed by atoms with Gasteiger partial charge in [0.05, 0.1) is 36.3 Å². The number of morpholine rings is 1. The normalized spacial score (nSPS) is 19.1. The molecule has 0 bridgehead atoms. The van der Waals surface area contributed by atoms with Crippen LogP contribution in [-0.2, 0) is 9.53 Å². The summed E-state index contributed by atoms with van der Waals surface area (Å²) in [5.41, 5.74) is 0.905. The fourth-order valence-electron chi connectivity index (χ4n) is 4.40. The summed E-state index contributed by atoms with van der Waals surface area (Å²) in [7, 11) is 0. The van der Waals surface area contributed by atoms with Gasteiger partial charge in [0, 0.05) is 26.2 Å². The average Bonchev–Trinajstić information content (AvgIpc) is 3.48. The SMILES string of the molecule is CCCCOc1cccc(C2C(C(=O)c3cccs3)=C(O)C(=O)N2CCCN2CCOCC2)c1. The number of thiophene rings is 1. The smallest absolute Gasteiger partial charge is 0.290 e. The molecule has 2 aliphatic heterocycles.